The first kappa shape index (κ1) is 27.1. The van der Waals surface area contributed by atoms with Crippen LogP contribution in [-0.2, 0) is 27.2 Å². The van der Waals surface area contributed by atoms with Gasteiger partial charge in [0.1, 0.15) is 0 Å². The minimum atomic E-state index is -0.251. The first-order chi connectivity index (χ1) is 12.1. The Labute approximate surface area is 184 Å². The van der Waals surface area contributed by atoms with Crippen LogP contribution in [0, 0.1) is 23.2 Å². The van der Waals surface area contributed by atoms with Crippen molar-refractivity contribution >= 4 is 5.91 Å². The van der Waals surface area contributed by atoms with Crippen molar-refractivity contribution in [1.82, 2.24) is 9.80 Å². The molecule has 5 heteroatoms. The van der Waals surface area contributed by atoms with Crippen molar-refractivity contribution < 1.29 is 27.2 Å². The fourth-order valence-electron chi connectivity index (χ4n) is 4.34. The molecule has 2 aliphatic rings. The van der Waals surface area contributed by atoms with Gasteiger partial charge >= 0.3 is 0 Å². The topological polar surface area (TPSA) is 37.7 Å². The molecule has 0 bridgehead atoms. The molecule has 0 aliphatic carbocycles. The predicted molar refractivity (Wildman–Crippen MR) is 112 cm³/mol. The van der Waals surface area contributed by atoms with E-state index in [2.05, 4.69) is 49.7 Å². The van der Waals surface area contributed by atoms with Crippen molar-refractivity contribution in [1.29, 1.82) is 0 Å². The Morgan fingerprint density at radius 2 is 1.48 bits per heavy atom. The van der Waals surface area contributed by atoms with E-state index in [1.807, 2.05) is 20.3 Å². The van der Waals surface area contributed by atoms with Crippen LogP contribution in [0.3, 0.4) is 0 Å². The second kappa shape index (κ2) is 12.6. The first-order valence-corrected chi connectivity index (χ1v) is 10.5. The molecule has 4 nitrogen and oxygen atoms in total. The smallest absolute Gasteiger partial charge is 0.228 e. The van der Waals surface area contributed by atoms with Gasteiger partial charge in [0, 0.05) is 47.4 Å². The monoisotopic (exact) mass is 562 g/mol. The molecule has 0 saturated carbocycles. The van der Waals surface area contributed by atoms with Gasteiger partial charge in [-0.3, -0.25) is 4.79 Å². The minimum Gasteiger partial charge on any atom is -0.660 e. The van der Waals surface area contributed by atoms with E-state index in [4.69, 9.17) is 0 Å². The third-order valence-electron chi connectivity index (χ3n) is 5.12. The maximum atomic E-state index is 12.9. The van der Waals surface area contributed by atoms with Crippen molar-refractivity contribution in [3.63, 3.8) is 0 Å². The van der Waals surface area contributed by atoms with Crippen LogP contribution < -0.4 is 0 Å². The number of nitrogens with zero attached hydrogens (tertiary/aromatic N) is 3. The molecule has 0 N–H and O–H groups in total. The molecule has 0 aromatic rings. The van der Waals surface area contributed by atoms with Crippen molar-refractivity contribution in [3.05, 3.63) is 11.7 Å². The second-order valence-electron chi connectivity index (χ2n) is 9.91. The van der Waals surface area contributed by atoms with Crippen LogP contribution in [0.2, 0.25) is 0 Å². The zero-order chi connectivity index (χ0) is 19.8. The Bertz CT molecular complexity index is 406. The molecule has 1 radical (unpaired) electrons. The van der Waals surface area contributed by atoms with Crippen molar-refractivity contribution in [2.45, 2.75) is 67.7 Å². The Hall–Kier alpha value is 0.130. The molecule has 2 aliphatic heterocycles. The summed E-state index contributed by atoms with van der Waals surface area (Å²) in [6.07, 6.45) is 5.26. The van der Waals surface area contributed by atoms with Gasteiger partial charge in [0.15, 0.2) is 0 Å². The van der Waals surface area contributed by atoms with Gasteiger partial charge in [-0.15, -0.1) is 13.1 Å². The van der Waals surface area contributed by atoms with Crippen molar-refractivity contribution in [2.24, 2.45) is 16.7 Å². The Kier molecular flexibility index (Phi) is 12.7. The molecule has 165 valence electrons. The fraction of sp³-hybridized carbons (Fsp3) is 0.909. The summed E-state index contributed by atoms with van der Waals surface area (Å²) in [5.74, 6) is 1.10. The Balaban J connectivity index is 0.00000158. The van der Waals surface area contributed by atoms with Gasteiger partial charge in [-0.2, -0.15) is 13.8 Å². The summed E-state index contributed by atoms with van der Waals surface area (Å²) in [4.78, 5) is 17.6. The molecule has 0 aromatic carbocycles. The maximum absolute atomic E-state index is 12.9. The van der Waals surface area contributed by atoms with E-state index in [1.165, 1.54) is 6.54 Å². The molecule has 2 saturated heterocycles. The molecular formula is C22H43AuN3O-2. The first-order valence-electron chi connectivity index (χ1n) is 10.5. The fourth-order valence-corrected chi connectivity index (χ4v) is 4.34. The standard InChI is InChI=1S/C19H36N3O.C3H7.Au/c1-18(2,3)15-19(4,5)17(23)22-10-6-16(7-11-22)14-21-12-8-20-9-13-21;1-3-2;/h16H,6-15H2,1-5H3;3H,1-2H3;/q2*-1;. The van der Waals surface area contributed by atoms with Crippen molar-refractivity contribution in [3.8, 4) is 0 Å². The third kappa shape index (κ3) is 10.5. The van der Waals surface area contributed by atoms with Crippen LogP contribution in [0.1, 0.15) is 67.7 Å². The van der Waals surface area contributed by atoms with E-state index >= 15 is 0 Å². The molecule has 2 rings (SSSR count). The van der Waals surface area contributed by atoms with E-state index in [0.717, 1.165) is 64.4 Å². The molecule has 1 amide bonds. The number of hydrogen-bond acceptors (Lipinski definition) is 2. The number of piperazine rings is 1. The molecule has 0 atom stereocenters. The normalized spacial score (nSPS) is 19.7. The van der Waals surface area contributed by atoms with Crippen molar-refractivity contribution in [2.75, 3.05) is 45.8 Å². The quantitative estimate of drug-likeness (QED) is 0.371. The minimum absolute atomic E-state index is 0. The molecule has 0 aromatic heterocycles. The average Bonchev–Trinajstić information content (AvgIpc) is 2.54. The van der Waals surface area contributed by atoms with Gasteiger partial charge < -0.3 is 21.5 Å². The summed E-state index contributed by atoms with van der Waals surface area (Å²) in [5.41, 5.74) is -0.0593. The zero-order valence-electron chi connectivity index (χ0n) is 18.8. The number of hydrogen-bond donors (Lipinski definition) is 0. The number of piperidine rings is 1. The van der Waals surface area contributed by atoms with Gasteiger partial charge in [0.2, 0.25) is 5.91 Å². The molecule has 27 heavy (non-hydrogen) atoms. The number of rotatable bonds is 4. The van der Waals surface area contributed by atoms with Gasteiger partial charge in [-0.1, -0.05) is 34.6 Å². The molecule has 2 fully saturated rings. The number of likely N-dealkylation sites (tertiary alicyclic amines) is 1. The van der Waals surface area contributed by atoms with E-state index in [-0.39, 0.29) is 33.2 Å². The Morgan fingerprint density at radius 1 is 1.00 bits per heavy atom. The predicted octanol–water partition coefficient (Wildman–Crippen LogP) is 4.60. The SMILES string of the molecule is CC(C)(C)CC(C)(C)C(=O)N1CCC(CN2CC[N-]CC2)CC1.C[CH-]C.[Au]. The summed E-state index contributed by atoms with van der Waals surface area (Å²) in [6, 6.07) is 0. The zero-order valence-corrected chi connectivity index (χ0v) is 20.9. The van der Waals surface area contributed by atoms with Crippen LogP contribution >= 0.6 is 0 Å². The van der Waals surface area contributed by atoms with Crippen LogP contribution in [0.4, 0.5) is 0 Å². The van der Waals surface area contributed by atoms with Crippen LogP contribution in [0.5, 0.6) is 0 Å². The number of amides is 1. The van der Waals surface area contributed by atoms with Gasteiger partial charge in [0.25, 0.3) is 0 Å². The van der Waals surface area contributed by atoms with E-state index in [1.54, 1.807) is 0 Å². The summed E-state index contributed by atoms with van der Waals surface area (Å²) in [6.45, 7) is 22.2. The summed E-state index contributed by atoms with van der Waals surface area (Å²) in [7, 11) is 0. The van der Waals surface area contributed by atoms with Crippen LogP contribution in [0.25, 0.3) is 5.32 Å². The summed E-state index contributed by atoms with van der Waals surface area (Å²) in [5, 5.41) is 4.42. The maximum Gasteiger partial charge on any atom is 0.228 e. The Morgan fingerprint density at radius 3 is 1.93 bits per heavy atom. The van der Waals surface area contributed by atoms with Crippen LogP contribution in [-0.4, -0.2) is 61.5 Å². The van der Waals surface area contributed by atoms with E-state index in [9.17, 15) is 4.79 Å². The summed E-state index contributed by atoms with van der Waals surface area (Å²) < 4.78 is 0. The van der Waals surface area contributed by atoms with Gasteiger partial charge in [-0.25, -0.2) is 0 Å². The molecule has 0 unspecified atom stereocenters. The van der Waals surface area contributed by atoms with Gasteiger partial charge in [-0.05, 0) is 43.7 Å². The number of carbonyl (C=O) groups excluding carboxylic acids is 1. The molecule has 0 spiro atoms. The van der Waals surface area contributed by atoms with Gasteiger partial charge in [0.05, 0.1) is 0 Å². The largest absolute Gasteiger partial charge is 0.660 e. The second-order valence-corrected chi connectivity index (χ2v) is 9.91. The molecule has 2 heterocycles. The number of carbonyl (C=O) groups is 1. The summed E-state index contributed by atoms with van der Waals surface area (Å²) >= 11 is 0. The average molecular weight is 563 g/mol. The molecular weight excluding hydrogens is 519 g/mol. The van der Waals surface area contributed by atoms with Crippen LogP contribution in [0.15, 0.2) is 0 Å². The van der Waals surface area contributed by atoms with E-state index in [0.29, 0.717) is 5.91 Å². The van der Waals surface area contributed by atoms with E-state index < -0.39 is 0 Å². The third-order valence-corrected chi connectivity index (χ3v) is 5.12.